The Morgan fingerprint density at radius 3 is 2.58 bits per heavy atom. The number of carbonyl (C=O) groups is 1. The minimum Gasteiger partial charge on any atom is -0.465 e. The third-order valence-corrected chi connectivity index (χ3v) is 7.50. The number of hydrogen-bond acceptors (Lipinski definition) is 3. The zero-order valence-corrected chi connectivity index (χ0v) is 17.1. The highest BCUT2D eigenvalue weighted by Crippen LogP contribution is 2.58. The highest BCUT2D eigenvalue weighted by molar-refractivity contribution is 5.66. The standard InChI is InChI=1S/C21H24F4N4O2/c1-11-8-15(20-9-14(20)6-7-28(10-20)19(30)31)29-18(26-11)16(22)17(27-29)12-2-4-13(5-3-12)21(23,24)25/h8,12-14H,2-7,9-10H2,1H3,(H,30,31)/t12-,13-,14-,20+/m1/s1. The van der Waals surface area contributed by atoms with E-state index in [0.717, 1.165) is 18.5 Å². The monoisotopic (exact) mass is 440 g/mol. The van der Waals surface area contributed by atoms with Gasteiger partial charge in [-0.25, -0.2) is 18.7 Å². The van der Waals surface area contributed by atoms with Crippen LogP contribution in [0.1, 0.15) is 61.5 Å². The van der Waals surface area contributed by atoms with Crippen molar-refractivity contribution in [2.45, 2.75) is 63.0 Å². The average Bonchev–Trinajstić information content (AvgIpc) is 3.37. The van der Waals surface area contributed by atoms with Crippen LogP contribution in [0.3, 0.4) is 0 Å². The summed E-state index contributed by atoms with van der Waals surface area (Å²) in [7, 11) is 0. The maximum atomic E-state index is 15.3. The van der Waals surface area contributed by atoms with E-state index in [1.807, 2.05) is 6.07 Å². The number of hydrogen-bond donors (Lipinski definition) is 1. The van der Waals surface area contributed by atoms with Gasteiger partial charge in [0.1, 0.15) is 5.69 Å². The number of nitrogens with zero attached hydrogens (tertiary/aromatic N) is 4. The van der Waals surface area contributed by atoms with Gasteiger partial charge < -0.3 is 10.0 Å². The number of piperidine rings is 1. The Balaban J connectivity index is 1.51. The van der Waals surface area contributed by atoms with Gasteiger partial charge in [-0.3, -0.25) is 0 Å². The zero-order valence-electron chi connectivity index (χ0n) is 17.1. The molecule has 5 rings (SSSR count). The molecule has 2 aromatic heterocycles. The van der Waals surface area contributed by atoms with Gasteiger partial charge in [-0.2, -0.15) is 18.3 Å². The molecule has 2 atom stereocenters. The molecule has 3 heterocycles. The summed E-state index contributed by atoms with van der Waals surface area (Å²) in [5.41, 5.74) is 1.21. The first kappa shape index (κ1) is 20.5. The zero-order chi connectivity index (χ0) is 22.1. The molecular formula is C21H24F4N4O2. The van der Waals surface area contributed by atoms with Crippen molar-refractivity contribution < 1.29 is 27.5 Å². The molecule has 0 unspecified atom stereocenters. The first-order valence-corrected chi connectivity index (χ1v) is 10.7. The second-order valence-corrected chi connectivity index (χ2v) is 9.36. The molecule has 6 nitrogen and oxygen atoms in total. The molecule has 2 aromatic rings. The lowest BCUT2D eigenvalue weighted by molar-refractivity contribution is -0.182. The van der Waals surface area contributed by atoms with E-state index < -0.39 is 29.4 Å². The normalized spacial score (nSPS) is 31.0. The lowest BCUT2D eigenvalue weighted by Gasteiger charge is -2.31. The Hall–Kier alpha value is -2.39. The number of alkyl halides is 3. The van der Waals surface area contributed by atoms with Crippen LogP contribution < -0.4 is 0 Å². The summed E-state index contributed by atoms with van der Waals surface area (Å²) in [5, 5.41) is 14.0. The van der Waals surface area contributed by atoms with Crippen molar-refractivity contribution in [1.82, 2.24) is 19.5 Å². The van der Waals surface area contributed by atoms with E-state index in [2.05, 4.69) is 10.1 Å². The number of halogens is 4. The lowest BCUT2D eigenvalue weighted by Crippen LogP contribution is -2.42. The predicted octanol–water partition coefficient (Wildman–Crippen LogP) is 4.65. The van der Waals surface area contributed by atoms with Crippen molar-refractivity contribution in [3.63, 3.8) is 0 Å². The van der Waals surface area contributed by atoms with Crippen LogP contribution >= 0.6 is 0 Å². The Morgan fingerprint density at radius 2 is 1.94 bits per heavy atom. The number of fused-ring (bicyclic) bond motifs is 2. The van der Waals surface area contributed by atoms with Crippen LogP contribution in [0.5, 0.6) is 0 Å². The molecule has 2 saturated carbocycles. The first-order valence-electron chi connectivity index (χ1n) is 10.7. The number of carboxylic acid groups (broad SMARTS) is 1. The molecule has 2 aliphatic carbocycles. The summed E-state index contributed by atoms with van der Waals surface area (Å²) in [4.78, 5) is 17.2. The van der Waals surface area contributed by atoms with Gasteiger partial charge in [0, 0.05) is 30.1 Å². The van der Waals surface area contributed by atoms with Gasteiger partial charge in [-0.1, -0.05) is 0 Å². The molecule has 1 saturated heterocycles. The van der Waals surface area contributed by atoms with Gasteiger partial charge in [0.05, 0.1) is 11.6 Å². The molecule has 3 aliphatic rings. The number of amides is 1. The summed E-state index contributed by atoms with van der Waals surface area (Å²) >= 11 is 0. The molecule has 1 N–H and O–H groups in total. The van der Waals surface area contributed by atoms with Crippen molar-refractivity contribution in [3.8, 4) is 0 Å². The SMILES string of the molecule is Cc1cc([C@]23C[C@H]2CCN(C(=O)O)C3)n2nc([C@H]3CC[C@H](C(F)(F)F)CC3)c(F)c2n1. The molecule has 0 aromatic carbocycles. The molecule has 1 aliphatic heterocycles. The maximum absolute atomic E-state index is 15.3. The highest BCUT2D eigenvalue weighted by atomic mass is 19.4. The second-order valence-electron chi connectivity index (χ2n) is 9.36. The Bertz CT molecular complexity index is 1040. The average molecular weight is 440 g/mol. The smallest absolute Gasteiger partial charge is 0.407 e. The van der Waals surface area contributed by atoms with Crippen molar-refractivity contribution >= 4 is 11.7 Å². The van der Waals surface area contributed by atoms with Gasteiger partial charge >= 0.3 is 12.3 Å². The molecule has 0 spiro atoms. The van der Waals surface area contributed by atoms with E-state index >= 15 is 4.39 Å². The van der Waals surface area contributed by atoms with Crippen LogP contribution in [-0.4, -0.2) is 50.0 Å². The van der Waals surface area contributed by atoms with E-state index in [0.29, 0.717) is 24.7 Å². The summed E-state index contributed by atoms with van der Waals surface area (Å²) < 4.78 is 55.8. The third-order valence-electron chi connectivity index (χ3n) is 7.50. The highest BCUT2D eigenvalue weighted by Gasteiger charge is 2.60. The van der Waals surface area contributed by atoms with E-state index in [9.17, 15) is 23.1 Å². The molecule has 3 fully saturated rings. The second kappa shape index (κ2) is 6.80. The van der Waals surface area contributed by atoms with Gasteiger partial charge in [0.2, 0.25) is 0 Å². The summed E-state index contributed by atoms with van der Waals surface area (Å²) in [5.74, 6) is -1.97. The molecule has 1 amide bonds. The van der Waals surface area contributed by atoms with Crippen molar-refractivity contribution in [2.75, 3.05) is 13.1 Å². The van der Waals surface area contributed by atoms with E-state index in [1.54, 1.807) is 6.92 Å². The Labute approximate surface area is 176 Å². The quantitative estimate of drug-likeness (QED) is 0.690. The summed E-state index contributed by atoms with van der Waals surface area (Å²) in [6, 6.07) is 1.84. The molecule has 0 bridgehead atoms. The molecular weight excluding hydrogens is 416 g/mol. The van der Waals surface area contributed by atoms with Crippen LogP contribution in [0.4, 0.5) is 22.4 Å². The van der Waals surface area contributed by atoms with Gasteiger partial charge in [0.15, 0.2) is 11.5 Å². The van der Waals surface area contributed by atoms with E-state index in [-0.39, 0.29) is 42.9 Å². The minimum absolute atomic E-state index is 0.0274. The van der Waals surface area contributed by atoms with Gasteiger partial charge in [0.25, 0.3) is 0 Å². The van der Waals surface area contributed by atoms with Crippen LogP contribution in [0, 0.1) is 24.6 Å². The molecule has 10 heteroatoms. The fraction of sp³-hybridized carbons (Fsp3) is 0.667. The number of rotatable bonds is 2. The van der Waals surface area contributed by atoms with E-state index in [1.165, 1.54) is 9.42 Å². The molecule has 0 radical (unpaired) electrons. The maximum Gasteiger partial charge on any atom is 0.407 e. The fourth-order valence-corrected chi connectivity index (χ4v) is 5.68. The topological polar surface area (TPSA) is 70.7 Å². The van der Waals surface area contributed by atoms with Crippen molar-refractivity contribution in [2.24, 2.45) is 11.8 Å². The van der Waals surface area contributed by atoms with Crippen LogP contribution in [0.15, 0.2) is 6.07 Å². The third kappa shape index (κ3) is 3.25. The lowest BCUT2D eigenvalue weighted by atomic mass is 9.80. The minimum atomic E-state index is -4.22. The Kier molecular flexibility index (Phi) is 4.50. The van der Waals surface area contributed by atoms with Crippen LogP contribution in [0.2, 0.25) is 0 Å². The van der Waals surface area contributed by atoms with Crippen LogP contribution in [-0.2, 0) is 5.41 Å². The molecule has 31 heavy (non-hydrogen) atoms. The number of aromatic nitrogens is 3. The fourth-order valence-electron chi connectivity index (χ4n) is 5.68. The van der Waals surface area contributed by atoms with Gasteiger partial charge in [-0.15, -0.1) is 0 Å². The largest absolute Gasteiger partial charge is 0.465 e. The van der Waals surface area contributed by atoms with Crippen LogP contribution in [0.25, 0.3) is 5.65 Å². The van der Waals surface area contributed by atoms with E-state index in [4.69, 9.17) is 0 Å². The number of likely N-dealkylation sites (tertiary alicyclic amines) is 1. The Morgan fingerprint density at radius 1 is 1.23 bits per heavy atom. The number of aryl methyl sites for hydroxylation is 1. The van der Waals surface area contributed by atoms with Crippen molar-refractivity contribution in [1.29, 1.82) is 0 Å². The molecule has 168 valence electrons. The van der Waals surface area contributed by atoms with Gasteiger partial charge in [-0.05, 0) is 57.4 Å². The summed E-state index contributed by atoms with van der Waals surface area (Å²) in [6.07, 6.45) is -3.22. The predicted molar refractivity (Wildman–Crippen MR) is 102 cm³/mol. The van der Waals surface area contributed by atoms with Crippen molar-refractivity contribution in [3.05, 3.63) is 29.0 Å². The summed E-state index contributed by atoms with van der Waals surface area (Å²) in [6.45, 7) is 2.57. The first-order chi connectivity index (χ1) is 14.6.